The lowest BCUT2D eigenvalue weighted by Gasteiger charge is -2.21. The molecule has 0 spiro atoms. The molecule has 0 fully saturated rings. The van der Waals surface area contributed by atoms with Gasteiger partial charge in [-0.05, 0) is 37.5 Å². The quantitative estimate of drug-likeness (QED) is 0.0222. The topological polar surface area (TPSA) is 237 Å². The zero-order chi connectivity index (χ0) is 77.1. The molecule has 0 aromatic rings. The van der Waals surface area contributed by atoms with E-state index in [-0.39, 0.29) is 25.7 Å². The van der Waals surface area contributed by atoms with Crippen LogP contribution in [0.1, 0.15) is 459 Å². The van der Waals surface area contributed by atoms with E-state index in [4.69, 9.17) is 37.0 Å². The number of esters is 4. The van der Waals surface area contributed by atoms with Gasteiger partial charge in [0.05, 0.1) is 26.4 Å². The Bertz CT molecular complexity index is 2010. The summed E-state index contributed by atoms with van der Waals surface area (Å²) >= 11 is 0. The predicted molar refractivity (Wildman–Crippen MR) is 432 cm³/mol. The van der Waals surface area contributed by atoms with Crippen LogP contribution in [0.25, 0.3) is 0 Å². The fraction of sp³-hybridized carbons (Fsp3) is 0.953. The third-order valence-corrected chi connectivity index (χ3v) is 22.1. The average Bonchev–Trinajstić information content (AvgIpc) is 0.927. The van der Waals surface area contributed by atoms with Crippen LogP contribution in [0.5, 0.6) is 0 Å². The highest BCUT2D eigenvalue weighted by Crippen LogP contribution is 2.45. The molecular weight excluding hydrogens is 1370 g/mol. The largest absolute Gasteiger partial charge is 0.472 e. The number of aliphatic hydroxyl groups is 1. The number of hydrogen-bond acceptors (Lipinski definition) is 15. The van der Waals surface area contributed by atoms with Crippen molar-refractivity contribution in [2.24, 2.45) is 11.8 Å². The van der Waals surface area contributed by atoms with Crippen molar-refractivity contribution in [1.29, 1.82) is 0 Å². The predicted octanol–water partition coefficient (Wildman–Crippen LogP) is 26.2. The van der Waals surface area contributed by atoms with Gasteiger partial charge in [0, 0.05) is 25.7 Å². The molecule has 5 atom stereocenters. The number of carbonyl (C=O) groups excluding carboxylic acids is 4. The Morgan fingerprint density at radius 3 is 0.648 bits per heavy atom. The molecule has 0 bridgehead atoms. The van der Waals surface area contributed by atoms with Crippen LogP contribution in [0.15, 0.2) is 0 Å². The van der Waals surface area contributed by atoms with E-state index >= 15 is 0 Å². The zero-order valence-corrected chi connectivity index (χ0v) is 70.8. The molecule has 0 saturated heterocycles. The number of phosphoric acid groups is 2. The van der Waals surface area contributed by atoms with E-state index in [1.165, 1.54) is 276 Å². The summed E-state index contributed by atoms with van der Waals surface area (Å²) in [5.74, 6) is -0.518. The fourth-order valence-corrected chi connectivity index (χ4v) is 15.0. The second-order valence-electron chi connectivity index (χ2n) is 31.9. The average molecular weight is 1540 g/mol. The molecule has 2 unspecified atom stereocenters. The summed E-state index contributed by atoms with van der Waals surface area (Å²) < 4.78 is 68.9. The Hall–Kier alpha value is -1.94. The van der Waals surface area contributed by atoms with Crippen molar-refractivity contribution in [1.82, 2.24) is 0 Å². The minimum atomic E-state index is -4.97. The number of phosphoric ester groups is 2. The Balaban J connectivity index is 5.24. The standard InChI is InChI=1S/C86H168O17P2/c1-7-9-11-13-15-17-19-20-21-22-23-24-25-26-29-33-40-46-52-58-64-70-85(90)102-82(75-97-84(89)69-63-57-51-45-39-32-30-27-28-31-37-42-48-54-60-66-78(3)4)77-101-105(94,95)99-73-80(87)72-98-104(92,93)100-76-81(74-96-83(88)68-62-56-50-44-36-18-16-14-12-10-8-2)103-86(91)71-65-59-53-47-41-35-34-38-43-49-55-61-67-79(5)6/h78-82,87H,7-77H2,1-6H3,(H,92,93)(H,94,95)/t80-,81+,82+/m0/s1. The fourth-order valence-electron chi connectivity index (χ4n) is 13.4. The lowest BCUT2D eigenvalue weighted by atomic mass is 10.0. The Labute approximate surface area is 645 Å². The molecule has 105 heavy (non-hydrogen) atoms. The van der Waals surface area contributed by atoms with E-state index in [0.29, 0.717) is 25.7 Å². The Morgan fingerprint density at radius 1 is 0.257 bits per heavy atom. The van der Waals surface area contributed by atoms with E-state index in [0.717, 1.165) is 102 Å². The molecule has 0 saturated carbocycles. The van der Waals surface area contributed by atoms with Gasteiger partial charge in [0.15, 0.2) is 12.2 Å². The van der Waals surface area contributed by atoms with Crippen LogP contribution >= 0.6 is 15.6 Å². The number of ether oxygens (including phenoxy) is 4. The maximum absolute atomic E-state index is 13.1. The minimum Gasteiger partial charge on any atom is -0.462 e. The zero-order valence-electron chi connectivity index (χ0n) is 69.0. The second-order valence-corrected chi connectivity index (χ2v) is 34.8. The van der Waals surface area contributed by atoms with Gasteiger partial charge >= 0.3 is 39.5 Å². The van der Waals surface area contributed by atoms with Crippen LogP contribution in [0.3, 0.4) is 0 Å². The van der Waals surface area contributed by atoms with E-state index in [1.807, 2.05) is 0 Å². The van der Waals surface area contributed by atoms with Gasteiger partial charge in [-0.1, -0.05) is 408 Å². The molecule has 0 rings (SSSR count). The molecule has 0 aromatic carbocycles. The molecule has 3 N–H and O–H groups in total. The number of carbonyl (C=O) groups is 4. The smallest absolute Gasteiger partial charge is 0.462 e. The maximum atomic E-state index is 13.1. The first-order valence-corrected chi connectivity index (χ1v) is 47.5. The highest BCUT2D eigenvalue weighted by molar-refractivity contribution is 7.47. The summed E-state index contributed by atoms with van der Waals surface area (Å²) in [6, 6.07) is 0. The van der Waals surface area contributed by atoms with Crippen molar-refractivity contribution >= 4 is 39.5 Å². The lowest BCUT2D eigenvalue weighted by molar-refractivity contribution is -0.161. The van der Waals surface area contributed by atoms with Gasteiger partial charge in [-0.25, -0.2) is 9.13 Å². The summed E-state index contributed by atoms with van der Waals surface area (Å²) in [4.78, 5) is 73.2. The van der Waals surface area contributed by atoms with Gasteiger partial charge in [-0.2, -0.15) is 0 Å². The van der Waals surface area contributed by atoms with Crippen molar-refractivity contribution < 1.29 is 80.2 Å². The summed E-state index contributed by atoms with van der Waals surface area (Å²) in [6.07, 6.45) is 69.4. The molecule has 0 aromatic heterocycles. The summed E-state index contributed by atoms with van der Waals surface area (Å²) in [5, 5.41) is 10.7. The van der Waals surface area contributed by atoms with Crippen molar-refractivity contribution in [2.45, 2.75) is 477 Å². The van der Waals surface area contributed by atoms with E-state index in [1.54, 1.807) is 0 Å². The van der Waals surface area contributed by atoms with Gasteiger partial charge in [0.1, 0.15) is 19.3 Å². The highest BCUT2D eigenvalue weighted by Gasteiger charge is 2.30. The number of unbranched alkanes of at least 4 members (excludes halogenated alkanes) is 55. The summed E-state index contributed by atoms with van der Waals surface area (Å²) in [7, 11) is -9.93. The van der Waals surface area contributed by atoms with Crippen molar-refractivity contribution in [2.75, 3.05) is 39.6 Å². The van der Waals surface area contributed by atoms with Crippen molar-refractivity contribution in [3.63, 3.8) is 0 Å². The molecule has 0 heterocycles. The van der Waals surface area contributed by atoms with Gasteiger partial charge in [0.2, 0.25) is 0 Å². The monoisotopic (exact) mass is 1540 g/mol. The number of hydrogen-bond donors (Lipinski definition) is 3. The number of rotatable bonds is 85. The Kier molecular flexibility index (Phi) is 76.0. The van der Waals surface area contributed by atoms with Gasteiger partial charge in [0.25, 0.3) is 0 Å². The summed E-state index contributed by atoms with van der Waals surface area (Å²) in [6.45, 7) is 9.70. The highest BCUT2D eigenvalue weighted by atomic mass is 31.2. The van der Waals surface area contributed by atoms with E-state index in [9.17, 15) is 43.2 Å². The third-order valence-electron chi connectivity index (χ3n) is 20.2. The molecule has 0 amide bonds. The van der Waals surface area contributed by atoms with Crippen LogP contribution in [0.2, 0.25) is 0 Å². The lowest BCUT2D eigenvalue weighted by Crippen LogP contribution is -2.30. The van der Waals surface area contributed by atoms with Crippen LogP contribution < -0.4 is 0 Å². The van der Waals surface area contributed by atoms with Crippen LogP contribution in [-0.2, 0) is 65.4 Å². The molecule has 19 heteroatoms. The second kappa shape index (κ2) is 77.4. The van der Waals surface area contributed by atoms with Crippen molar-refractivity contribution in [3.05, 3.63) is 0 Å². The van der Waals surface area contributed by atoms with E-state index < -0.39 is 97.5 Å². The van der Waals surface area contributed by atoms with Gasteiger partial charge < -0.3 is 33.8 Å². The van der Waals surface area contributed by atoms with Gasteiger partial charge in [-0.15, -0.1) is 0 Å². The molecule has 624 valence electrons. The first-order chi connectivity index (χ1) is 50.9. The summed E-state index contributed by atoms with van der Waals surface area (Å²) in [5.41, 5.74) is 0. The van der Waals surface area contributed by atoms with Gasteiger partial charge in [-0.3, -0.25) is 37.3 Å². The van der Waals surface area contributed by atoms with Crippen molar-refractivity contribution in [3.8, 4) is 0 Å². The first-order valence-electron chi connectivity index (χ1n) is 44.5. The van der Waals surface area contributed by atoms with Crippen LogP contribution in [-0.4, -0.2) is 96.7 Å². The molecular formula is C86H168O17P2. The van der Waals surface area contributed by atoms with E-state index in [2.05, 4.69) is 41.5 Å². The molecule has 0 aliphatic rings. The SMILES string of the molecule is CCCCCCCCCCCCCCCCCCCCCCCC(=O)O[C@H](COC(=O)CCCCCCCCCCCCCCCCCC(C)C)COP(=O)(O)OC[C@@H](O)COP(=O)(O)OC[C@@H](COC(=O)CCCCCCCCCCCCC)OC(=O)CCCCCCCCCCCCCCC(C)C. The number of aliphatic hydroxyl groups excluding tert-OH is 1. The molecule has 0 aliphatic heterocycles. The molecule has 0 aliphatic carbocycles. The normalized spacial score (nSPS) is 13.8. The van der Waals surface area contributed by atoms with Crippen LogP contribution in [0.4, 0.5) is 0 Å². The molecule has 0 radical (unpaired) electrons. The molecule has 17 nitrogen and oxygen atoms in total. The van der Waals surface area contributed by atoms with Crippen LogP contribution in [0, 0.1) is 11.8 Å². The minimum absolute atomic E-state index is 0.107. The first kappa shape index (κ1) is 103. The Morgan fingerprint density at radius 2 is 0.438 bits per heavy atom. The maximum Gasteiger partial charge on any atom is 0.472 e. The third kappa shape index (κ3) is 79.9.